The number of ether oxygens (including phenoxy) is 2. The van der Waals surface area contributed by atoms with Crippen LogP contribution >= 0.6 is 0 Å². The van der Waals surface area contributed by atoms with E-state index in [0.717, 1.165) is 37.7 Å². The second-order valence-corrected chi connectivity index (χ2v) is 4.84. The van der Waals surface area contributed by atoms with Gasteiger partial charge in [0.2, 0.25) is 0 Å². The molecule has 4 nitrogen and oxygen atoms in total. The van der Waals surface area contributed by atoms with Crippen LogP contribution in [0.2, 0.25) is 0 Å². The molecular weight excluding hydrogens is 252 g/mol. The first-order valence-corrected chi connectivity index (χ1v) is 7.42. The van der Waals surface area contributed by atoms with Gasteiger partial charge in [-0.3, -0.25) is 0 Å². The van der Waals surface area contributed by atoms with E-state index in [-0.39, 0.29) is 0 Å². The van der Waals surface area contributed by atoms with Gasteiger partial charge in [-0.05, 0) is 32.1 Å². The summed E-state index contributed by atoms with van der Waals surface area (Å²) >= 11 is 0. The van der Waals surface area contributed by atoms with Crippen molar-refractivity contribution < 1.29 is 9.47 Å². The molecule has 0 aliphatic carbocycles. The third-order valence-electron chi connectivity index (χ3n) is 3.35. The molecule has 4 heteroatoms. The van der Waals surface area contributed by atoms with Crippen LogP contribution in [0, 0.1) is 0 Å². The number of rotatable bonds is 10. The van der Waals surface area contributed by atoms with Crippen molar-refractivity contribution in [3.63, 3.8) is 0 Å². The number of benzene rings is 1. The summed E-state index contributed by atoms with van der Waals surface area (Å²) in [6.45, 7) is 11.3. The van der Waals surface area contributed by atoms with Crippen LogP contribution in [0.5, 0.6) is 11.5 Å². The summed E-state index contributed by atoms with van der Waals surface area (Å²) in [7, 11) is 1.66. The van der Waals surface area contributed by atoms with E-state index < -0.39 is 0 Å². The first-order valence-electron chi connectivity index (χ1n) is 7.42. The Bertz CT molecular complexity index is 367. The molecule has 1 unspecified atom stereocenters. The summed E-state index contributed by atoms with van der Waals surface area (Å²) < 4.78 is 11.0. The highest BCUT2D eigenvalue weighted by Crippen LogP contribution is 2.25. The van der Waals surface area contributed by atoms with Crippen LogP contribution < -0.4 is 14.8 Å². The quantitative estimate of drug-likeness (QED) is 0.667. The fourth-order valence-electron chi connectivity index (χ4n) is 2.14. The number of nitrogens with one attached hydrogen (secondary N) is 1. The summed E-state index contributed by atoms with van der Waals surface area (Å²) in [4.78, 5) is 2.42. The summed E-state index contributed by atoms with van der Waals surface area (Å²) in [5, 5.41) is 3.48. The minimum Gasteiger partial charge on any atom is -0.493 e. The molecule has 0 saturated heterocycles. The minimum atomic E-state index is 0.469. The Morgan fingerprint density at radius 2 is 1.80 bits per heavy atom. The predicted octanol–water partition coefficient (Wildman–Crippen LogP) is 2.39. The van der Waals surface area contributed by atoms with Crippen LogP contribution in [0.25, 0.3) is 0 Å². The lowest BCUT2D eigenvalue weighted by molar-refractivity contribution is 0.253. The summed E-state index contributed by atoms with van der Waals surface area (Å²) in [6, 6.07) is 8.20. The highest BCUT2D eigenvalue weighted by atomic mass is 16.5. The molecule has 0 spiro atoms. The van der Waals surface area contributed by atoms with Crippen LogP contribution in [0.15, 0.2) is 24.3 Å². The number of hydrogen-bond donors (Lipinski definition) is 1. The van der Waals surface area contributed by atoms with Gasteiger partial charge in [0.25, 0.3) is 0 Å². The monoisotopic (exact) mass is 280 g/mol. The van der Waals surface area contributed by atoms with E-state index in [1.165, 1.54) is 0 Å². The van der Waals surface area contributed by atoms with Crippen LogP contribution in [0.4, 0.5) is 0 Å². The number of hydrogen-bond acceptors (Lipinski definition) is 4. The van der Waals surface area contributed by atoms with Gasteiger partial charge in [0, 0.05) is 19.1 Å². The highest BCUT2D eigenvalue weighted by molar-refractivity contribution is 5.39. The van der Waals surface area contributed by atoms with Crippen LogP contribution in [-0.2, 0) is 0 Å². The van der Waals surface area contributed by atoms with Gasteiger partial charge in [0.15, 0.2) is 11.5 Å². The molecule has 0 heterocycles. The average Bonchev–Trinajstić information content (AvgIpc) is 2.49. The van der Waals surface area contributed by atoms with E-state index in [2.05, 4.69) is 31.0 Å². The highest BCUT2D eigenvalue weighted by Gasteiger charge is 2.06. The maximum Gasteiger partial charge on any atom is 0.161 e. The van der Waals surface area contributed by atoms with E-state index >= 15 is 0 Å². The molecule has 1 rings (SSSR count). The first-order chi connectivity index (χ1) is 9.71. The van der Waals surface area contributed by atoms with Crippen molar-refractivity contribution >= 4 is 0 Å². The molecule has 20 heavy (non-hydrogen) atoms. The molecule has 0 amide bonds. The van der Waals surface area contributed by atoms with Crippen molar-refractivity contribution in [1.29, 1.82) is 0 Å². The van der Waals surface area contributed by atoms with Crippen molar-refractivity contribution in [2.45, 2.75) is 26.8 Å². The zero-order chi connectivity index (χ0) is 14.8. The van der Waals surface area contributed by atoms with Gasteiger partial charge >= 0.3 is 0 Å². The maximum absolute atomic E-state index is 5.73. The van der Waals surface area contributed by atoms with E-state index in [9.17, 15) is 0 Å². The molecule has 0 fully saturated rings. The Balaban J connectivity index is 2.24. The molecule has 114 valence electrons. The largest absolute Gasteiger partial charge is 0.493 e. The molecule has 0 radical (unpaired) electrons. The van der Waals surface area contributed by atoms with Gasteiger partial charge < -0.3 is 19.7 Å². The molecule has 0 aliphatic rings. The van der Waals surface area contributed by atoms with E-state index in [1.807, 2.05) is 24.3 Å². The van der Waals surface area contributed by atoms with Gasteiger partial charge in [0.1, 0.15) is 6.61 Å². The third-order valence-corrected chi connectivity index (χ3v) is 3.35. The second-order valence-electron chi connectivity index (χ2n) is 4.84. The molecule has 1 aromatic rings. The summed E-state index contributed by atoms with van der Waals surface area (Å²) in [6.07, 6.45) is 0. The Hall–Kier alpha value is -1.26. The van der Waals surface area contributed by atoms with Gasteiger partial charge in [-0.1, -0.05) is 26.0 Å². The summed E-state index contributed by atoms with van der Waals surface area (Å²) in [5.41, 5.74) is 0. The van der Waals surface area contributed by atoms with Gasteiger partial charge in [-0.25, -0.2) is 0 Å². The van der Waals surface area contributed by atoms with E-state index in [0.29, 0.717) is 12.6 Å². The normalized spacial score (nSPS) is 12.4. The Labute approximate surface area is 123 Å². The fraction of sp³-hybridized carbons (Fsp3) is 0.625. The molecule has 0 aromatic heterocycles. The number of likely N-dealkylation sites (N-methyl/N-ethyl adjacent to an activating group) is 1. The predicted molar refractivity (Wildman–Crippen MR) is 83.7 cm³/mol. The van der Waals surface area contributed by atoms with E-state index in [1.54, 1.807) is 7.11 Å². The van der Waals surface area contributed by atoms with E-state index in [4.69, 9.17) is 9.47 Å². The lowest BCUT2D eigenvalue weighted by atomic mass is 10.3. The molecule has 0 saturated carbocycles. The fourth-order valence-corrected chi connectivity index (χ4v) is 2.14. The second kappa shape index (κ2) is 9.61. The van der Waals surface area contributed by atoms with Crippen molar-refractivity contribution in [3.05, 3.63) is 24.3 Å². The lowest BCUT2D eigenvalue weighted by Crippen LogP contribution is -2.40. The Morgan fingerprint density at radius 3 is 2.40 bits per heavy atom. The molecule has 1 aromatic carbocycles. The van der Waals surface area contributed by atoms with Gasteiger partial charge in [-0.2, -0.15) is 0 Å². The zero-order valence-electron chi connectivity index (χ0n) is 13.2. The number of nitrogens with zero attached hydrogens (tertiary/aromatic N) is 1. The maximum atomic E-state index is 5.73. The zero-order valence-corrected chi connectivity index (χ0v) is 13.2. The van der Waals surface area contributed by atoms with Crippen LogP contribution in [0.1, 0.15) is 20.8 Å². The molecule has 1 atom stereocenters. The average molecular weight is 280 g/mol. The first kappa shape index (κ1) is 16.8. The lowest BCUT2D eigenvalue weighted by Gasteiger charge is -2.23. The standard InChI is InChI=1S/C16H28N2O2/c1-5-18(6-2)13-14(3)17-11-12-20-16-10-8-7-9-15(16)19-4/h7-10,14,17H,5-6,11-13H2,1-4H3. The topological polar surface area (TPSA) is 33.7 Å². The van der Waals surface area contributed by atoms with Crippen LogP contribution in [0.3, 0.4) is 0 Å². The molecule has 0 aliphatic heterocycles. The Kier molecular flexibility index (Phi) is 8.07. The molecule has 1 N–H and O–H groups in total. The minimum absolute atomic E-state index is 0.469. The van der Waals surface area contributed by atoms with Crippen molar-refractivity contribution in [2.24, 2.45) is 0 Å². The third kappa shape index (κ3) is 5.80. The van der Waals surface area contributed by atoms with Crippen LogP contribution in [-0.4, -0.2) is 50.8 Å². The Morgan fingerprint density at radius 1 is 1.15 bits per heavy atom. The van der Waals surface area contributed by atoms with Crippen molar-refractivity contribution in [2.75, 3.05) is 39.9 Å². The molecular formula is C16H28N2O2. The smallest absolute Gasteiger partial charge is 0.161 e. The summed E-state index contributed by atoms with van der Waals surface area (Å²) in [5.74, 6) is 1.58. The van der Waals surface area contributed by atoms with Gasteiger partial charge in [-0.15, -0.1) is 0 Å². The SMILES string of the molecule is CCN(CC)CC(C)NCCOc1ccccc1OC. The number of para-hydroxylation sites is 2. The number of methoxy groups -OCH3 is 1. The van der Waals surface area contributed by atoms with Gasteiger partial charge in [0.05, 0.1) is 7.11 Å². The van der Waals surface area contributed by atoms with Crippen molar-refractivity contribution in [1.82, 2.24) is 10.2 Å². The molecule has 0 bridgehead atoms. The van der Waals surface area contributed by atoms with Crippen molar-refractivity contribution in [3.8, 4) is 11.5 Å².